The maximum atomic E-state index is 12.2. The van der Waals surface area contributed by atoms with Gasteiger partial charge in [-0.2, -0.15) is 0 Å². The number of carbonyl (C=O) groups is 2. The van der Waals surface area contributed by atoms with E-state index in [0.717, 1.165) is 13.1 Å². The average molecular weight is 335 g/mol. The fourth-order valence-electron chi connectivity index (χ4n) is 2.65. The lowest BCUT2D eigenvalue weighted by molar-refractivity contribution is -0.135. The van der Waals surface area contributed by atoms with Gasteiger partial charge in [-0.25, -0.2) is 0 Å². The first-order valence-corrected chi connectivity index (χ1v) is 8.00. The number of hydrogen-bond acceptors (Lipinski definition) is 5. The maximum Gasteiger partial charge on any atom is 0.260 e. The number of carbonyl (C=O) groups excluding carboxylic acids is 2. The van der Waals surface area contributed by atoms with E-state index in [1.807, 2.05) is 0 Å². The van der Waals surface area contributed by atoms with Crippen molar-refractivity contribution in [2.75, 3.05) is 39.3 Å². The highest BCUT2D eigenvalue weighted by Crippen LogP contribution is 2.13. The third-order valence-electron chi connectivity index (χ3n) is 3.84. The summed E-state index contributed by atoms with van der Waals surface area (Å²) in [6.07, 6.45) is 0. The van der Waals surface area contributed by atoms with Crippen molar-refractivity contribution in [3.63, 3.8) is 0 Å². The Labute approximate surface area is 142 Å². The second-order valence-corrected chi connectivity index (χ2v) is 6.65. The van der Waals surface area contributed by atoms with Crippen LogP contribution in [0.2, 0.25) is 0 Å². The van der Waals surface area contributed by atoms with Crippen molar-refractivity contribution >= 4 is 11.8 Å². The molecule has 1 saturated heterocycles. The van der Waals surface area contributed by atoms with Crippen LogP contribution in [0.3, 0.4) is 0 Å². The minimum Gasteiger partial charge on any atom is -0.484 e. The monoisotopic (exact) mass is 335 g/mol. The summed E-state index contributed by atoms with van der Waals surface area (Å²) in [6.45, 7) is 6.84. The number of rotatable bonds is 6. The summed E-state index contributed by atoms with van der Waals surface area (Å²) in [5.41, 5.74) is 4.84. The summed E-state index contributed by atoms with van der Waals surface area (Å²) in [7, 11) is 0. The first kappa shape index (κ1) is 18.2. The largest absolute Gasteiger partial charge is 0.484 e. The number of aliphatic hydroxyl groups is 1. The zero-order valence-electron chi connectivity index (χ0n) is 14.2. The summed E-state index contributed by atoms with van der Waals surface area (Å²) in [5.74, 6) is -0.0487. The van der Waals surface area contributed by atoms with Gasteiger partial charge in [-0.15, -0.1) is 0 Å². The van der Waals surface area contributed by atoms with Gasteiger partial charge in [0.25, 0.3) is 5.91 Å². The number of amides is 2. The number of ether oxygens (including phenoxy) is 1. The van der Waals surface area contributed by atoms with Crippen LogP contribution >= 0.6 is 0 Å². The van der Waals surface area contributed by atoms with Gasteiger partial charge in [-0.3, -0.25) is 14.5 Å². The zero-order chi connectivity index (χ0) is 17.7. The molecule has 1 aliphatic heterocycles. The topological polar surface area (TPSA) is 96.1 Å². The molecule has 0 unspecified atom stereocenters. The summed E-state index contributed by atoms with van der Waals surface area (Å²) in [6, 6.07) is 6.37. The summed E-state index contributed by atoms with van der Waals surface area (Å²) in [5, 5.41) is 9.84. The van der Waals surface area contributed by atoms with Gasteiger partial charge >= 0.3 is 0 Å². The van der Waals surface area contributed by atoms with Crippen LogP contribution in [0.25, 0.3) is 0 Å². The third-order valence-corrected chi connectivity index (χ3v) is 3.84. The molecule has 0 aromatic heterocycles. The van der Waals surface area contributed by atoms with Gasteiger partial charge in [0.1, 0.15) is 5.75 Å². The Hall–Kier alpha value is -2.12. The summed E-state index contributed by atoms with van der Waals surface area (Å²) >= 11 is 0. The van der Waals surface area contributed by atoms with Gasteiger partial charge in [-0.05, 0) is 38.1 Å². The SMILES string of the molecule is CC(C)(O)CN1CCN(C(=O)COc2ccc(C(N)=O)cc2)CC1. The number of benzene rings is 1. The van der Waals surface area contributed by atoms with Crippen molar-refractivity contribution < 1.29 is 19.4 Å². The molecule has 2 rings (SSSR count). The number of nitrogens with two attached hydrogens (primary N) is 1. The standard InChI is InChI=1S/C17H25N3O4/c1-17(2,23)12-19-7-9-20(10-8-19)15(21)11-24-14-5-3-13(4-6-14)16(18)22/h3-6,23H,7-12H2,1-2H3,(H2,18,22). The van der Waals surface area contributed by atoms with Crippen LogP contribution in [0.15, 0.2) is 24.3 Å². The van der Waals surface area contributed by atoms with Gasteiger partial charge in [0.15, 0.2) is 6.61 Å². The van der Waals surface area contributed by atoms with Crippen molar-refractivity contribution in [2.45, 2.75) is 19.4 Å². The van der Waals surface area contributed by atoms with Crippen LogP contribution in [-0.4, -0.2) is 71.7 Å². The Morgan fingerprint density at radius 1 is 1.17 bits per heavy atom. The Morgan fingerprint density at radius 3 is 2.25 bits per heavy atom. The highest BCUT2D eigenvalue weighted by atomic mass is 16.5. The van der Waals surface area contributed by atoms with Crippen molar-refractivity contribution in [3.05, 3.63) is 29.8 Å². The Bertz CT molecular complexity index is 572. The van der Waals surface area contributed by atoms with Crippen LogP contribution in [0.4, 0.5) is 0 Å². The summed E-state index contributed by atoms with van der Waals surface area (Å²) < 4.78 is 5.47. The maximum absolute atomic E-state index is 12.2. The molecular formula is C17H25N3O4. The van der Waals surface area contributed by atoms with Gasteiger partial charge < -0.3 is 20.5 Å². The van der Waals surface area contributed by atoms with Crippen LogP contribution in [-0.2, 0) is 4.79 Å². The molecule has 0 spiro atoms. The second kappa shape index (κ2) is 7.63. The van der Waals surface area contributed by atoms with E-state index in [1.54, 1.807) is 43.0 Å². The van der Waals surface area contributed by atoms with Crippen LogP contribution < -0.4 is 10.5 Å². The van der Waals surface area contributed by atoms with E-state index in [2.05, 4.69) is 4.90 Å². The third kappa shape index (κ3) is 5.50. The quantitative estimate of drug-likeness (QED) is 0.767. The molecule has 1 aliphatic rings. The lowest BCUT2D eigenvalue weighted by Crippen LogP contribution is -2.52. The Balaban J connectivity index is 1.76. The van der Waals surface area contributed by atoms with E-state index in [-0.39, 0.29) is 12.5 Å². The second-order valence-electron chi connectivity index (χ2n) is 6.65. The fraction of sp³-hybridized carbons (Fsp3) is 0.529. The van der Waals surface area contributed by atoms with Gasteiger partial charge in [0, 0.05) is 38.3 Å². The lowest BCUT2D eigenvalue weighted by atomic mass is 10.1. The molecule has 3 N–H and O–H groups in total. The number of hydrogen-bond donors (Lipinski definition) is 2. The first-order chi connectivity index (χ1) is 11.2. The molecule has 2 amide bonds. The smallest absolute Gasteiger partial charge is 0.260 e. The number of β-amino-alcohol motifs (C(OH)–C–C–N with tert-alkyl or cyclic N) is 1. The molecule has 7 nitrogen and oxygen atoms in total. The average Bonchev–Trinajstić information content (AvgIpc) is 2.52. The number of piperazine rings is 1. The molecule has 24 heavy (non-hydrogen) atoms. The van der Waals surface area contributed by atoms with Crippen molar-refractivity contribution in [2.24, 2.45) is 5.73 Å². The van der Waals surface area contributed by atoms with Crippen LogP contribution in [0.1, 0.15) is 24.2 Å². The van der Waals surface area contributed by atoms with Crippen LogP contribution in [0.5, 0.6) is 5.75 Å². The zero-order valence-corrected chi connectivity index (χ0v) is 14.2. The molecule has 132 valence electrons. The van der Waals surface area contributed by atoms with E-state index in [1.165, 1.54) is 0 Å². The first-order valence-electron chi connectivity index (χ1n) is 8.00. The van der Waals surface area contributed by atoms with Crippen LogP contribution in [0, 0.1) is 0 Å². The molecule has 0 radical (unpaired) electrons. The molecular weight excluding hydrogens is 310 g/mol. The molecule has 0 bridgehead atoms. The molecule has 7 heteroatoms. The number of primary amides is 1. The minimum atomic E-state index is -0.730. The predicted octanol–water partition coefficient (Wildman–Crippen LogP) is 0.0794. The highest BCUT2D eigenvalue weighted by molar-refractivity contribution is 5.92. The summed E-state index contributed by atoms with van der Waals surface area (Å²) in [4.78, 5) is 27.1. The number of nitrogens with zero attached hydrogens (tertiary/aromatic N) is 2. The molecule has 0 saturated carbocycles. The molecule has 1 aromatic carbocycles. The fourth-order valence-corrected chi connectivity index (χ4v) is 2.65. The van der Waals surface area contributed by atoms with E-state index in [4.69, 9.17) is 10.5 Å². The Morgan fingerprint density at radius 2 is 1.75 bits per heavy atom. The van der Waals surface area contributed by atoms with E-state index < -0.39 is 11.5 Å². The molecule has 1 fully saturated rings. The molecule has 0 atom stereocenters. The van der Waals surface area contributed by atoms with E-state index in [0.29, 0.717) is 30.9 Å². The molecule has 1 aromatic rings. The molecule has 1 heterocycles. The van der Waals surface area contributed by atoms with Crippen molar-refractivity contribution in [1.82, 2.24) is 9.80 Å². The minimum absolute atomic E-state index is 0.0403. The van der Waals surface area contributed by atoms with Gasteiger partial charge in [0.2, 0.25) is 5.91 Å². The predicted molar refractivity (Wildman–Crippen MR) is 89.8 cm³/mol. The Kier molecular flexibility index (Phi) is 5.80. The normalized spacial score (nSPS) is 16.0. The van der Waals surface area contributed by atoms with Gasteiger partial charge in [0.05, 0.1) is 5.60 Å². The van der Waals surface area contributed by atoms with Crippen molar-refractivity contribution in [1.29, 1.82) is 0 Å². The lowest BCUT2D eigenvalue weighted by Gasteiger charge is -2.37. The molecule has 0 aliphatic carbocycles. The highest BCUT2D eigenvalue weighted by Gasteiger charge is 2.25. The van der Waals surface area contributed by atoms with Gasteiger partial charge in [-0.1, -0.05) is 0 Å². The van der Waals surface area contributed by atoms with E-state index in [9.17, 15) is 14.7 Å². The van der Waals surface area contributed by atoms with E-state index >= 15 is 0 Å². The van der Waals surface area contributed by atoms with Crippen molar-refractivity contribution in [3.8, 4) is 5.75 Å².